The van der Waals surface area contributed by atoms with Gasteiger partial charge in [0.25, 0.3) is 0 Å². The highest BCUT2D eigenvalue weighted by molar-refractivity contribution is 6.01. The molecule has 2 aliphatic heterocycles. The van der Waals surface area contributed by atoms with Gasteiger partial charge < -0.3 is 9.47 Å². The highest BCUT2D eigenvalue weighted by Gasteiger charge is 2.45. The average molecular weight is 357 g/mol. The second-order valence-electron chi connectivity index (χ2n) is 8.06. The van der Waals surface area contributed by atoms with Crippen molar-refractivity contribution >= 4 is 18.0 Å². The summed E-state index contributed by atoms with van der Waals surface area (Å²) in [5, 5.41) is 0. The zero-order chi connectivity index (χ0) is 18.9. The van der Waals surface area contributed by atoms with Crippen molar-refractivity contribution in [1.29, 1.82) is 0 Å². The molecule has 1 amide bonds. The van der Waals surface area contributed by atoms with Crippen LogP contribution in [0.5, 0.6) is 0 Å². The molecular weight excluding hydrogens is 330 g/mol. The third-order valence-electron chi connectivity index (χ3n) is 4.94. The predicted octanol–water partition coefficient (Wildman–Crippen LogP) is 3.93. The molecule has 0 N–H and O–H groups in total. The number of carbonyl (C=O) groups is 2. The van der Waals surface area contributed by atoms with Crippen LogP contribution in [0, 0.1) is 5.92 Å². The first-order chi connectivity index (χ1) is 12.3. The number of piperidine rings is 1. The third-order valence-corrected chi connectivity index (χ3v) is 4.94. The van der Waals surface area contributed by atoms with E-state index in [0.717, 1.165) is 5.56 Å². The lowest BCUT2D eigenvalue weighted by atomic mass is 9.80. The van der Waals surface area contributed by atoms with Crippen LogP contribution in [-0.4, -0.2) is 47.7 Å². The standard InChI is InChI=1S/C21H27NO4/c1-5-14-8-6-7-9-18(14)19(23)15-10-16-12-25-13-17(11-15)22(16)20(24)26-21(2,3)4/h5-9,15-17H,1,10-13H2,2-4H3. The van der Waals surface area contributed by atoms with Crippen LogP contribution in [0.25, 0.3) is 6.08 Å². The molecule has 2 atom stereocenters. The minimum atomic E-state index is -0.540. The Morgan fingerprint density at radius 2 is 1.81 bits per heavy atom. The van der Waals surface area contributed by atoms with E-state index in [4.69, 9.17) is 9.47 Å². The van der Waals surface area contributed by atoms with E-state index in [0.29, 0.717) is 31.6 Å². The molecule has 5 nitrogen and oxygen atoms in total. The summed E-state index contributed by atoms with van der Waals surface area (Å²) in [6, 6.07) is 7.29. The zero-order valence-electron chi connectivity index (χ0n) is 15.7. The fraction of sp³-hybridized carbons (Fsp3) is 0.524. The number of ether oxygens (including phenoxy) is 2. The summed E-state index contributed by atoms with van der Waals surface area (Å²) in [4.78, 5) is 27.5. The number of hydrogen-bond acceptors (Lipinski definition) is 4. The van der Waals surface area contributed by atoms with Gasteiger partial charge in [0, 0.05) is 11.5 Å². The summed E-state index contributed by atoms with van der Waals surface area (Å²) in [7, 11) is 0. The number of carbonyl (C=O) groups excluding carboxylic acids is 2. The fourth-order valence-electron chi connectivity index (χ4n) is 3.86. The van der Waals surface area contributed by atoms with Crippen molar-refractivity contribution in [3.8, 4) is 0 Å². The quantitative estimate of drug-likeness (QED) is 0.769. The van der Waals surface area contributed by atoms with Gasteiger partial charge in [-0.3, -0.25) is 9.69 Å². The second-order valence-corrected chi connectivity index (χ2v) is 8.06. The van der Waals surface area contributed by atoms with E-state index in [-0.39, 0.29) is 29.9 Å². The summed E-state index contributed by atoms with van der Waals surface area (Å²) in [6.07, 6.45) is 2.60. The van der Waals surface area contributed by atoms with E-state index < -0.39 is 5.60 Å². The topological polar surface area (TPSA) is 55.8 Å². The minimum Gasteiger partial charge on any atom is -0.444 e. The molecule has 3 rings (SSSR count). The lowest BCUT2D eigenvalue weighted by Gasteiger charge is -2.47. The Morgan fingerprint density at radius 3 is 2.38 bits per heavy atom. The van der Waals surface area contributed by atoms with E-state index in [9.17, 15) is 9.59 Å². The van der Waals surface area contributed by atoms with Gasteiger partial charge in [-0.1, -0.05) is 36.9 Å². The van der Waals surface area contributed by atoms with E-state index in [1.165, 1.54) is 0 Å². The van der Waals surface area contributed by atoms with Crippen LogP contribution < -0.4 is 0 Å². The van der Waals surface area contributed by atoms with E-state index in [1.807, 2.05) is 45.0 Å². The van der Waals surface area contributed by atoms with E-state index in [1.54, 1.807) is 11.0 Å². The molecule has 2 saturated heterocycles. The summed E-state index contributed by atoms with van der Waals surface area (Å²) in [5.74, 6) is 0.00919. The maximum Gasteiger partial charge on any atom is 0.410 e. The van der Waals surface area contributed by atoms with E-state index >= 15 is 0 Å². The molecule has 2 fully saturated rings. The monoisotopic (exact) mass is 357 g/mol. The number of Topliss-reactive ketones (excluding diaryl/α,β-unsaturated/α-hetero) is 1. The van der Waals surface area contributed by atoms with Gasteiger partial charge in [-0.05, 0) is 39.2 Å². The van der Waals surface area contributed by atoms with Gasteiger partial charge in [-0.25, -0.2) is 4.79 Å². The molecule has 26 heavy (non-hydrogen) atoms. The first kappa shape index (κ1) is 18.6. The first-order valence-electron chi connectivity index (χ1n) is 9.15. The molecule has 0 saturated carbocycles. The molecular formula is C21H27NO4. The van der Waals surface area contributed by atoms with Gasteiger partial charge >= 0.3 is 6.09 Å². The van der Waals surface area contributed by atoms with Crippen LogP contribution in [0.1, 0.15) is 49.5 Å². The Balaban J connectivity index is 1.78. The highest BCUT2D eigenvalue weighted by Crippen LogP contribution is 2.35. The number of hydrogen-bond donors (Lipinski definition) is 0. The van der Waals surface area contributed by atoms with Crippen molar-refractivity contribution in [3.63, 3.8) is 0 Å². The van der Waals surface area contributed by atoms with Crippen molar-refractivity contribution in [1.82, 2.24) is 4.90 Å². The molecule has 2 unspecified atom stereocenters. The lowest BCUT2D eigenvalue weighted by molar-refractivity contribution is -0.0861. The fourth-order valence-corrected chi connectivity index (χ4v) is 3.86. The molecule has 140 valence electrons. The Labute approximate surface area is 155 Å². The van der Waals surface area contributed by atoms with Crippen LogP contribution in [-0.2, 0) is 9.47 Å². The number of fused-ring (bicyclic) bond motifs is 2. The van der Waals surface area contributed by atoms with Crippen LogP contribution in [0.3, 0.4) is 0 Å². The van der Waals surface area contributed by atoms with Gasteiger partial charge in [0.1, 0.15) is 5.60 Å². The SMILES string of the molecule is C=Cc1ccccc1C(=O)C1CC2COCC(C1)N2C(=O)OC(C)(C)C. The van der Waals surface area contributed by atoms with Crippen LogP contribution in [0.2, 0.25) is 0 Å². The molecule has 1 aromatic carbocycles. The Hall–Kier alpha value is -2.14. The Kier molecular flexibility index (Phi) is 5.19. The number of benzene rings is 1. The molecule has 2 heterocycles. The van der Waals surface area contributed by atoms with E-state index in [2.05, 4.69) is 6.58 Å². The molecule has 0 spiro atoms. The number of nitrogens with zero attached hydrogens (tertiary/aromatic N) is 1. The number of amides is 1. The van der Waals surface area contributed by atoms with Gasteiger partial charge in [0.2, 0.25) is 0 Å². The predicted molar refractivity (Wildman–Crippen MR) is 100 cm³/mol. The molecule has 2 aliphatic rings. The van der Waals surface area contributed by atoms with Gasteiger partial charge in [0.15, 0.2) is 5.78 Å². The summed E-state index contributed by atoms with van der Waals surface area (Å²) < 4.78 is 11.2. The number of ketones is 1. The van der Waals surface area contributed by atoms with Crippen LogP contribution >= 0.6 is 0 Å². The molecule has 5 heteroatoms. The highest BCUT2D eigenvalue weighted by atomic mass is 16.6. The van der Waals surface area contributed by atoms with Crippen molar-refractivity contribution in [2.75, 3.05) is 13.2 Å². The molecule has 1 aromatic rings. The second kappa shape index (κ2) is 7.23. The maximum atomic E-state index is 13.1. The normalized spacial score (nSPS) is 25.5. The molecule has 0 aliphatic carbocycles. The largest absolute Gasteiger partial charge is 0.444 e. The van der Waals surface area contributed by atoms with Gasteiger partial charge in [-0.15, -0.1) is 0 Å². The smallest absolute Gasteiger partial charge is 0.410 e. The third kappa shape index (κ3) is 3.83. The molecule has 2 bridgehead atoms. The van der Waals surface area contributed by atoms with Crippen molar-refractivity contribution in [3.05, 3.63) is 42.0 Å². The van der Waals surface area contributed by atoms with Crippen LogP contribution in [0.15, 0.2) is 30.8 Å². The summed E-state index contributed by atoms with van der Waals surface area (Å²) in [6.45, 7) is 10.3. The minimum absolute atomic E-state index is 0.117. The van der Waals surface area contributed by atoms with Crippen LogP contribution in [0.4, 0.5) is 4.79 Å². The number of rotatable bonds is 3. The van der Waals surface area contributed by atoms with Crippen molar-refractivity contribution in [2.45, 2.75) is 51.3 Å². The molecule has 0 aromatic heterocycles. The summed E-state index contributed by atoms with van der Waals surface area (Å²) >= 11 is 0. The maximum absolute atomic E-state index is 13.1. The summed E-state index contributed by atoms with van der Waals surface area (Å²) in [5.41, 5.74) is 1.02. The van der Waals surface area contributed by atoms with Gasteiger partial charge in [0.05, 0.1) is 25.3 Å². The first-order valence-corrected chi connectivity index (χ1v) is 9.15. The average Bonchev–Trinajstić information content (AvgIpc) is 2.58. The Bertz CT molecular complexity index is 692. The Morgan fingerprint density at radius 1 is 1.19 bits per heavy atom. The molecule has 0 radical (unpaired) electrons. The number of morpholine rings is 1. The van der Waals surface area contributed by atoms with Gasteiger partial charge in [-0.2, -0.15) is 0 Å². The van der Waals surface area contributed by atoms with Crippen molar-refractivity contribution < 1.29 is 19.1 Å². The lowest BCUT2D eigenvalue weighted by Crippen LogP contribution is -2.60. The zero-order valence-corrected chi connectivity index (χ0v) is 15.7. The van der Waals surface area contributed by atoms with Crippen molar-refractivity contribution in [2.24, 2.45) is 5.92 Å².